The predicted octanol–water partition coefficient (Wildman–Crippen LogP) is 4.97. The van der Waals surface area contributed by atoms with Crippen molar-refractivity contribution in [2.24, 2.45) is 5.41 Å². The lowest BCUT2D eigenvalue weighted by Crippen LogP contribution is -2.40. The number of aryl methyl sites for hydroxylation is 2. The van der Waals surface area contributed by atoms with Gasteiger partial charge in [0.1, 0.15) is 5.75 Å². The van der Waals surface area contributed by atoms with Crippen LogP contribution in [0.25, 0.3) is 0 Å². The van der Waals surface area contributed by atoms with Crippen LogP contribution in [0.15, 0.2) is 12.1 Å². The molecule has 0 amide bonds. The molecule has 1 aliphatic rings. The van der Waals surface area contributed by atoms with Gasteiger partial charge in [-0.2, -0.15) is 0 Å². The Balaban J connectivity index is 2.21. The lowest BCUT2D eigenvalue weighted by molar-refractivity contribution is -0.172. The van der Waals surface area contributed by atoms with Crippen LogP contribution in [0.5, 0.6) is 5.75 Å². The van der Waals surface area contributed by atoms with Gasteiger partial charge in [0.2, 0.25) is 0 Å². The van der Waals surface area contributed by atoms with E-state index in [9.17, 15) is 0 Å². The molecule has 0 spiro atoms. The monoisotopic (exact) mass is 276 g/mol. The topological polar surface area (TPSA) is 18.5 Å². The van der Waals surface area contributed by atoms with Crippen LogP contribution < -0.4 is 4.74 Å². The quantitative estimate of drug-likeness (QED) is 0.756. The Morgan fingerprint density at radius 2 is 1.90 bits per heavy atom. The summed E-state index contributed by atoms with van der Waals surface area (Å²) in [5.41, 5.74) is 3.96. The molecule has 1 heterocycles. The van der Waals surface area contributed by atoms with Crippen LogP contribution in [0.1, 0.15) is 63.3 Å². The van der Waals surface area contributed by atoms with E-state index in [-0.39, 0.29) is 17.6 Å². The highest BCUT2D eigenvalue weighted by Gasteiger charge is 2.41. The standard InChI is InChI=1S/C18H28O2/c1-7-8-14(4)20-16-12(2)9-15(10-13(16)3)17-18(5,6)11-19-17/h9-10,14,17H,7-8,11H2,1-6H3. The minimum atomic E-state index is 0.224. The number of rotatable bonds is 5. The van der Waals surface area contributed by atoms with Gasteiger partial charge in [0.15, 0.2) is 0 Å². The fraction of sp³-hybridized carbons (Fsp3) is 0.667. The summed E-state index contributed by atoms with van der Waals surface area (Å²) in [7, 11) is 0. The maximum absolute atomic E-state index is 6.11. The van der Waals surface area contributed by atoms with Crippen molar-refractivity contribution in [2.75, 3.05) is 6.61 Å². The second-order valence-electron chi connectivity index (χ2n) is 6.88. The number of ether oxygens (including phenoxy) is 2. The predicted molar refractivity (Wildman–Crippen MR) is 83.4 cm³/mol. The third kappa shape index (κ3) is 3.01. The second-order valence-corrected chi connectivity index (χ2v) is 6.88. The Hall–Kier alpha value is -1.02. The Bertz CT molecular complexity index is 453. The molecule has 2 atom stereocenters. The molecular weight excluding hydrogens is 248 g/mol. The van der Waals surface area contributed by atoms with Gasteiger partial charge in [0.25, 0.3) is 0 Å². The maximum atomic E-state index is 6.11. The van der Waals surface area contributed by atoms with Gasteiger partial charge in [-0.05, 0) is 56.0 Å². The zero-order valence-corrected chi connectivity index (χ0v) is 13.7. The molecule has 0 bridgehead atoms. The number of hydrogen-bond donors (Lipinski definition) is 0. The molecule has 0 N–H and O–H groups in total. The van der Waals surface area contributed by atoms with Gasteiger partial charge in [-0.15, -0.1) is 0 Å². The average molecular weight is 276 g/mol. The van der Waals surface area contributed by atoms with Gasteiger partial charge >= 0.3 is 0 Å². The summed E-state index contributed by atoms with van der Waals surface area (Å²) in [5.74, 6) is 1.05. The summed E-state index contributed by atoms with van der Waals surface area (Å²) < 4.78 is 11.9. The summed E-state index contributed by atoms with van der Waals surface area (Å²) in [5, 5.41) is 0. The molecule has 0 radical (unpaired) electrons. The third-order valence-corrected chi connectivity index (χ3v) is 4.13. The molecule has 0 aliphatic carbocycles. The zero-order chi connectivity index (χ0) is 14.9. The highest BCUT2D eigenvalue weighted by molar-refractivity contribution is 5.44. The third-order valence-electron chi connectivity index (χ3n) is 4.13. The molecule has 1 aromatic rings. The fourth-order valence-corrected chi connectivity index (χ4v) is 3.04. The smallest absolute Gasteiger partial charge is 0.125 e. The van der Waals surface area contributed by atoms with Gasteiger partial charge < -0.3 is 9.47 Å². The van der Waals surface area contributed by atoms with E-state index in [1.54, 1.807) is 0 Å². The molecule has 2 nitrogen and oxygen atoms in total. The van der Waals surface area contributed by atoms with Gasteiger partial charge in [0, 0.05) is 5.41 Å². The first-order chi connectivity index (χ1) is 9.35. The van der Waals surface area contributed by atoms with E-state index in [1.165, 1.54) is 16.7 Å². The molecule has 112 valence electrons. The van der Waals surface area contributed by atoms with E-state index < -0.39 is 0 Å². The van der Waals surface area contributed by atoms with Gasteiger partial charge in [0.05, 0.1) is 18.8 Å². The molecular formula is C18H28O2. The van der Waals surface area contributed by atoms with Crippen molar-refractivity contribution in [2.45, 2.75) is 66.6 Å². The first-order valence-electron chi connectivity index (χ1n) is 7.74. The fourth-order valence-electron chi connectivity index (χ4n) is 3.04. The van der Waals surface area contributed by atoms with Crippen molar-refractivity contribution < 1.29 is 9.47 Å². The molecule has 2 unspecified atom stereocenters. The largest absolute Gasteiger partial charge is 0.490 e. The van der Waals surface area contributed by atoms with Crippen molar-refractivity contribution in [3.63, 3.8) is 0 Å². The Kier molecular flexibility index (Phi) is 4.43. The summed E-state index contributed by atoms with van der Waals surface area (Å²) in [6.07, 6.45) is 2.75. The van der Waals surface area contributed by atoms with Crippen LogP contribution in [0.2, 0.25) is 0 Å². The molecule has 0 aromatic heterocycles. The molecule has 1 aromatic carbocycles. The summed E-state index contributed by atoms with van der Waals surface area (Å²) in [4.78, 5) is 0. The first-order valence-corrected chi connectivity index (χ1v) is 7.74. The van der Waals surface area contributed by atoms with Crippen LogP contribution in [-0.2, 0) is 4.74 Å². The van der Waals surface area contributed by atoms with Crippen LogP contribution >= 0.6 is 0 Å². The second kappa shape index (κ2) is 5.77. The Morgan fingerprint density at radius 3 is 2.30 bits per heavy atom. The summed E-state index contributed by atoms with van der Waals surface area (Å²) in [6.45, 7) is 14.0. The minimum Gasteiger partial charge on any atom is -0.490 e. The maximum Gasteiger partial charge on any atom is 0.125 e. The molecule has 0 saturated carbocycles. The molecule has 1 aliphatic heterocycles. The van der Waals surface area contributed by atoms with Crippen LogP contribution in [-0.4, -0.2) is 12.7 Å². The minimum absolute atomic E-state index is 0.224. The van der Waals surface area contributed by atoms with Crippen LogP contribution in [0.3, 0.4) is 0 Å². The van der Waals surface area contributed by atoms with E-state index in [4.69, 9.17) is 9.47 Å². The molecule has 2 rings (SSSR count). The zero-order valence-electron chi connectivity index (χ0n) is 13.7. The summed E-state index contributed by atoms with van der Waals surface area (Å²) >= 11 is 0. The van der Waals surface area contributed by atoms with E-state index in [0.29, 0.717) is 0 Å². The summed E-state index contributed by atoms with van der Waals surface area (Å²) in [6, 6.07) is 4.46. The van der Waals surface area contributed by atoms with Crippen LogP contribution in [0.4, 0.5) is 0 Å². The van der Waals surface area contributed by atoms with Crippen molar-refractivity contribution >= 4 is 0 Å². The van der Waals surface area contributed by atoms with Crippen LogP contribution in [0, 0.1) is 19.3 Å². The molecule has 1 fully saturated rings. The number of benzene rings is 1. The van der Waals surface area contributed by atoms with Gasteiger partial charge in [-0.1, -0.05) is 27.2 Å². The van der Waals surface area contributed by atoms with Crippen molar-refractivity contribution in [1.29, 1.82) is 0 Å². The lowest BCUT2D eigenvalue weighted by Gasteiger charge is -2.44. The van der Waals surface area contributed by atoms with Crippen molar-refractivity contribution in [1.82, 2.24) is 0 Å². The first kappa shape index (κ1) is 15.4. The van der Waals surface area contributed by atoms with Gasteiger partial charge in [-0.3, -0.25) is 0 Å². The van der Waals surface area contributed by atoms with Gasteiger partial charge in [-0.25, -0.2) is 0 Å². The number of hydrogen-bond acceptors (Lipinski definition) is 2. The molecule has 1 saturated heterocycles. The van der Waals surface area contributed by atoms with E-state index in [0.717, 1.165) is 25.2 Å². The normalized spacial score (nSPS) is 22.2. The lowest BCUT2D eigenvalue weighted by atomic mass is 9.78. The van der Waals surface area contributed by atoms with Crippen molar-refractivity contribution in [3.8, 4) is 5.75 Å². The Morgan fingerprint density at radius 1 is 1.30 bits per heavy atom. The molecule has 20 heavy (non-hydrogen) atoms. The van der Waals surface area contributed by atoms with E-state index in [2.05, 4.69) is 53.7 Å². The average Bonchev–Trinajstić information content (AvgIpc) is 2.33. The highest BCUT2D eigenvalue weighted by Crippen LogP contribution is 2.46. The SMILES string of the molecule is CCCC(C)Oc1c(C)cc(C2OCC2(C)C)cc1C. The Labute approximate surface area is 123 Å². The highest BCUT2D eigenvalue weighted by atomic mass is 16.5. The van der Waals surface area contributed by atoms with E-state index in [1.807, 2.05) is 0 Å². The molecule has 2 heteroatoms. The van der Waals surface area contributed by atoms with Crippen molar-refractivity contribution in [3.05, 3.63) is 28.8 Å². The van der Waals surface area contributed by atoms with E-state index >= 15 is 0 Å².